The molecule has 1 aromatic rings. The Kier molecular flexibility index (Phi) is 3.54. The van der Waals surface area contributed by atoms with Crippen LogP contribution in [0.15, 0.2) is 12.1 Å². The molecule has 0 heterocycles. The van der Waals surface area contributed by atoms with E-state index in [2.05, 4.69) is 5.32 Å². The number of benzene rings is 1. The first-order valence-electron chi connectivity index (χ1n) is 5.55. The lowest BCUT2D eigenvalue weighted by atomic mass is 9.77. The van der Waals surface area contributed by atoms with Crippen molar-refractivity contribution < 1.29 is 18.7 Å². The Balaban J connectivity index is 2.21. The van der Waals surface area contributed by atoms with Gasteiger partial charge in [-0.1, -0.05) is 11.6 Å². The highest BCUT2D eigenvalue weighted by Gasteiger charge is 2.38. The summed E-state index contributed by atoms with van der Waals surface area (Å²) < 4.78 is 26.7. The first-order chi connectivity index (χ1) is 8.47. The standard InChI is InChI=1S/C12H12ClF2NO2/c13-8-5-9(14)7(4-10(8)15)11(18)16-12(6-17)2-1-3-12/h4-5,17H,1-3,6H2,(H,16,18). The van der Waals surface area contributed by atoms with Gasteiger partial charge in [-0.2, -0.15) is 0 Å². The van der Waals surface area contributed by atoms with Crippen LogP contribution in [-0.4, -0.2) is 23.2 Å². The summed E-state index contributed by atoms with van der Waals surface area (Å²) in [6.45, 7) is -0.212. The molecule has 0 spiro atoms. The summed E-state index contributed by atoms with van der Waals surface area (Å²) in [5, 5.41) is 11.4. The van der Waals surface area contributed by atoms with Gasteiger partial charge in [0.15, 0.2) is 0 Å². The Bertz CT molecular complexity index is 484. The van der Waals surface area contributed by atoms with E-state index in [1.54, 1.807) is 0 Å². The molecule has 0 unspecified atom stereocenters. The lowest BCUT2D eigenvalue weighted by molar-refractivity contribution is 0.0638. The molecular weight excluding hydrogens is 264 g/mol. The molecule has 1 saturated carbocycles. The molecule has 0 saturated heterocycles. The molecule has 98 valence electrons. The third kappa shape index (κ3) is 2.33. The minimum Gasteiger partial charge on any atom is -0.394 e. The van der Waals surface area contributed by atoms with E-state index in [1.165, 1.54) is 0 Å². The topological polar surface area (TPSA) is 49.3 Å². The van der Waals surface area contributed by atoms with E-state index < -0.39 is 28.6 Å². The summed E-state index contributed by atoms with van der Waals surface area (Å²) in [5.74, 6) is -2.47. The highest BCUT2D eigenvalue weighted by Crippen LogP contribution is 2.31. The van der Waals surface area contributed by atoms with Crippen molar-refractivity contribution in [2.75, 3.05) is 6.61 Å². The number of rotatable bonds is 3. The van der Waals surface area contributed by atoms with Gasteiger partial charge in [0.25, 0.3) is 5.91 Å². The van der Waals surface area contributed by atoms with Crippen LogP contribution in [0.4, 0.5) is 8.78 Å². The first-order valence-corrected chi connectivity index (χ1v) is 5.93. The zero-order chi connectivity index (χ0) is 13.3. The van der Waals surface area contributed by atoms with E-state index in [0.717, 1.165) is 18.6 Å². The van der Waals surface area contributed by atoms with Gasteiger partial charge in [0, 0.05) is 0 Å². The Morgan fingerprint density at radius 2 is 2.06 bits per heavy atom. The van der Waals surface area contributed by atoms with Gasteiger partial charge in [-0.25, -0.2) is 8.78 Å². The Hall–Kier alpha value is -1.20. The number of hydrogen-bond donors (Lipinski definition) is 2. The van der Waals surface area contributed by atoms with Crippen LogP contribution >= 0.6 is 11.6 Å². The largest absolute Gasteiger partial charge is 0.394 e. The predicted molar refractivity (Wildman–Crippen MR) is 62.5 cm³/mol. The van der Waals surface area contributed by atoms with E-state index in [-0.39, 0.29) is 11.6 Å². The van der Waals surface area contributed by atoms with Crippen molar-refractivity contribution >= 4 is 17.5 Å². The molecule has 0 bridgehead atoms. The summed E-state index contributed by atoms with van der Waals surface area (Å²) in [4.78, 5) is 11.8. The molecule has 2 rings (SSSR count). The second-order valence-corrected chi connectivity index (χ2v) is 4.90. The van der Waals surface area contributed by atoms with Crippen molar-refractivity contribution in [1.29, 1.82) is 0 Å². The number of amides is 1. The van der Waals surface area contributed by atoms with Crippen molar-refractivity contribution in [1.82, 2.24) is 5.32 Å². The number of nitrogens with one attached hydrogen (secondary N) is 1. The average molecular weight is 276 g/mol. The van der Waals surface area contributed by atoms with Gasteiger partial charge in [0.2, 0.25) is 0 Å². The molecule has 0 radical (unpaired) electrons. The van der Waals surface area contributed by atoms with Crippen molar-refractivity contribution in [3.05, 3.63) is 34.4 Å². The second-order valence-electron chi connectivity index (χ2n) is 4.49. The zero-order valence-electron chi connectivity index (χ0n) is 9.47. The van der Waals surface area contributed by atoms with Crippen molar-refractivity contribution in [2.24, 2.45) is 0 Å². The highest BCUT2D eigenvalue weighted by molar-refractivity contribution is 6.30. The average Bonchev–Trinajstić information content (AvgIpc) is 2.28. The fourth-order valence-electron chi connectivity index (χ4n) is 1.93. The molecule has 3 nitrogen and oxygen atoms in total. The van der Waals surface area contributed by atoms with Crippen molar-refractivity contribution in [3.8, 4) is 0 Å². The fourth-order valence-corrected chi connectivity index (χ4v) is 2.08. The zero-order valence-corrected chi connectivity index (χ0v) is 10.2. The summed E-state index contributed by atoms with van der Waals surface area (Å²) in [5.41, 5.74) is -1.10. The molecule has 2 N–H and O–H groups in total. The van der Waals surface area contributed by atoms with E-state index in [0.29, 0.717) is 12.8 Å². The molecule has 18 heavy (non-hydrogen) atoms. The summed E-state index contributed by atoms with van der Waals surface area (Å²) in [7, 11) is 0. The summed E-state index contributed by atoms with van der Waals surface area (Å²) in [6.07, 6.45) is 2.15. The van der Waals surface area contributed by atoms with Gasteiger partial charge in [0.1, 0.15) is 11.6 Å². The van der Waals surface area contributed by atoms with Crippen LogP contribution in [0, 0.1) is 11.6 Å². The van der Waals surface area contributed by atoms with Crippen molar-refractivity contribution in [3.63, 3.8) is 0 Å². The lowest BCUT2D eigenvalue weighted by Crippen LogP contribution is -2.56. The van der Waals surface area contributed by atoms with E-state index in [1.807, 2.05) is 0 Å². The summed E-state index contributed by atoms with van der Waals surface area (Å²) >= 11 is 5.40. The van der Waals surface area contributed by atoms with Crippen molar-refractivity contribution in [2.45, 2.75) is 24.8 Å². The van der Waals surface area contributed by atoms with Crippen LogP contribution in [0.25, 0.3) is 0 Å². The predicted octanol–water partition coefficient (Wildman–Crippen LogP) is 2.26. The van der Waals surface area contributed by atoms with Crippen LogP contribution in [-0.2, 0) is 0 Å². The minimum atomic E-state index is -0.883. The number of carbonyl (C=O) groups excluding carboxylic acids is 1. The number of aliphatic hydroxyl groups excluding tert-OH is 1. The fraction of sp³-hybridized carbons (Fsp3) is 0.417. The van der Waals surface area contributed by atoms with E-state index in [9.17, 15) is 18.7 Å². The van der Waals surface area contributed by atoms with Crippen LogP contribution in [0.5, 0.6) is 0 Å². The Morgan fingerprint density at radius 3 is 2.56 bits per heavy atom. The van der Waals surface area contributed by atoms with Gasteiger partial charge in [-0.3, -0.25) is 4.79 Å². The van der Waals surface area contributed by atoms with Gasteiger partial charge in [-0.15, -0.1) is 0 Å². The quantitative estimate of drug-likeness (QED) is 0.832. The van der Waals surface area contributed by atoms with E-state index >= 15 is 0 Å². The molecular formula is C12H12ClF2NO2. The second kappa shape index (κ2) is 4.82. The molecule has 1 amide bonds. The molecule has 1 aliphatic rings. The minimum absolute atomic E-state index is 0.212. The molecule has 0 atom stereocenters. The number of aliphatic hydroxyl groups is 1. The molecule has 1 aliphatic carbocycles. The Morgan fingerprint density at radius 1 is 1.39 bits per heavy atom. The van der Waals surface area contributed by atoms with Gasteiger partial charge >= 0.3 is 0 Å². The SMILES string of the molecule is O=C(NC1(CO)CCC1)c1cc(F)c(Cl)cc1F. The number of carbonyl (C=O) groups is 1. The molecule has 1 fully saturated rings. The smallest absolute Gasteiger partial charge is 0.254 e. The van der Waals surface area contributed by atoms with Crippen LogP contribution < -0.4 is 5.32 Å². The molecule has 0 aliphatic heterocycles. The normalized spacial score (nSPS) is 17.1. The molecule has 0 aromatic heterocycles. The first kappa shape index (κ1) is 13.2. The third-order valence-corrected chi connectivity index (χ3v) is 3.54. The van der Waals surface area contributed by atoms with Gasteiger partial charge in [0.05, 0.1) is 22.7 Å². The maximum Gasteiger partial charge on any atom is 0.254 e. The van der Waals surface area contributed by atoms with Crippen LogP contribution in [0.1, 0.15) is 29.6 Å². The summed E-state index contributed by atoms with van der Waals surface area (Å²) in [6, 6.07) is 1.52. The maximum absolute atomic E-state index is 13.5. The van der Waals surface area contributed by atoms with E-state index in [4.69, 9.17) is 11.6 Å². The maximum atomic E-state index is 13.5. The molecule has 6 heteroatoms. The number of hydrogen-bond acceptors (Lipinski definition) is 2. The highest BCUT2D eigenvalue weighted by atomic mass is 35.5. The van der Waals surface area contributed by atoms with Gasteiger partial charge in [-0.05, 0) is 31.4 Å². The molecule has 1 aromatic carbocycles. The lowest BCUT2D eigenvalue weighted by Gasteiger charge is -2.40. The van der Waals surface area contributed by atoms with Crippen LogP contribution in [0.2, 0.25) is 5.02 Å². The number of halogens is 3. The third-order valence-electron chi connectivity index (χ3n) is 3.25. The monoisotopic (exact) mass is 275 g/mol. The van der Waals surface area contributed by atoms with Gasteiger partial charge < -0.3 is 10.4 Å². The Labute approximate surface area is 108 Å². The van der Waals surface area contributed by atoms with Crippen LogP contribution in [0.3, 0.4) is 0 Å².